The average molecular weight is 427 g/mol. The number of rotatable bonds is 3. The van der Waals surface area contributed by atoms with Crippen LogP contribution in [0.3, 0.4) is 0 Å². The smallest absolute Gasteiger partial charge is 0.293 e. The Balaban J connectivity index is 1.31. The summed E-state index contributed by atoms with van der Waals surface area (Å²) in [4.78, 5) is 17.0. The fourth-order valence-corrected chi connectivity index (χ4v) is 3.52. The van der Waals surface area contributed by atoms with Gasteiger partial charge in [0.15, 0.2) is 16.5 Å². The molecule has 0 spiro atoms. The van der Waals surface area contributed by atoms with Gasteiger partial charge in [0.2, 0.25) is 5.89 Å². The molecule has 0 radical (unpaired) electrons. The minimum absolute atomic E-state index is 0.163. The number of fused-ring (bicyclic) bond motifs is 2. The van der Waals surface area contributed by atoms with Crippen molar-refractivity contribution in [3.8, 4) is 11.5 Å². The largest absolute Gasteiger partial charge is 0.451 e. The maximum absolute atomic E-state index is 12.5. The van der Waals surface area contributed by atoms with Crippen molar-refractivity contribution in [2.75, 3.05) is 5.32 Å². The summed E-state index contributed by atoms with van der Waals surface area (Å²) in [6.07, 6.45) is 0. The molecule has 0 unspecified atom stereocenters. The van der Waals surface area contributed by atoms with E-state index in [0.717, 1.165) is 27.6 Å². The third-order valence-corrected chi connectivity index (χ3v) is 4.99. The molecular formula is C24H17N3O3S. The van der Waals surface area contributed by atoms with E-state index >= 15 is 0 Å². The molecule has 1 amide bonds. The van der Waals surface area contributed by atoms with Gasteiger partial charge in [0.05, 0.1) is 0 Å². The second-order valence-corrected chi connectivity index (χ2v) is 7.54. The molecule has 0 bridgehead atoms. The van der Waals surface area contributed by atoms with Crippen LogP contribution in [0.25, 0.3) is 33.5 Å². The number of hydrogen-bond acceptors (Lipinski definition) is 5. The Hall–Kier alpha value is -3.97. The summed E-state index contributed by atoms with van der Waals surface area (Å²) in [5.41, 5.74) is 4.79. The molecule has 7 heteroatoms. The van der Waals surface area contributed by atoms with Crippen molar-refractivity contribution in [3.63, 3.8) is 0 Å². The lowest BCUT2D eigenvalue weighted by molar-refractivity contribution is 0.0953. The number of benzene rings is 3. The molecule has 3 aromatic carbocycles. The number of thiocarbonyl (C=S) groups is 1. The van der Waals surface area contributed by atoms with Gasteiger partial charge in [-0.2, -0.15) is 0 Å². The van der Waals surface area contributed by atoms with Crippen LogP contribution in [0.5, 0.6) is 0 Å². The second kappa shape index (κ2) is 7.70. The van der Waals surface area contributed by atoms with Crippen LogP contribution >= 0.6 is 12.2 Å². The molecule has 0 fully saturated rings. The van der Waals surface area contributed by atoms with Crippen molar-refractivity contribution in [2.24, 2.45) is 0 Å². The molecule has 0 saturated heterocycles. The number of furan rings is 1. The quantitative estimate of drug-likeness (QED) is 0.361. The molecule has 0 saturated carbocycles. The normalized spacial score (nSPS) is 11.0. The van der Waals surface area contributed by atoms with Gasteiger partial charge in [-0.05, 0) is 67.2 Å². The van der Waals surface area contributed by atoms with Crippen molar-refractivity contribution in [1.82, 2.24) is 10.3 Å². The Morgan fingerprint density at radius 3 is 2.68 bits per heavy atom. The molecule has 5 aromatic rings. The number of carbonyl (C=O) groups excluding carboxylic acids is 1. The Bertz CT molecular complexity index is 1420. The SMILES string of the molecule is Cc1ccc2nc(-c3cccc(NC(=S)NC(=O)c4cc5ccccc5o4)c3)oc2c1. The van der Waals surface area contributed by atoms with Crippen molar-refractivity contribution < 1.29 is 13.6 Å². The number of nitrogens with one attached hydrogen (secondary N) is 2. The lowest BCUT2D eigenvalue weighted by Gasteiger charge is -2.09. The van der Waals surface area contributed by atoms with Crippen molar-refractivity contribution in [3.05, 3.63) is 84.1 Å². The average Bonchev–Trinajstić information content (AvgIpc) is 3.37. The van der Waals surface area contributed by atoms with Crippen molar-refractivity contribution in [1.29, 1.82) is 0 Å². The first kappa shape index (κ1) is 19.0. The van der Waals surface area contributed by atoms with E-state index in [1.165, 1.54) is 0 Å². The molecular weight excluding hydrogens is 410 g/mol. The number of aryl methyl sites for hydroxylation is 1. The molecule has 2 N–H and O–H groups in total. The molecule has 2 heterocycles. The maximum atomic E-state index is 12.5. The van der Waals surface area contributed by atoms with Crippen LogP contribution in [0.15, 0.2) is 81.6 Å². The van der Waals surface area contributed by atoms with Crippen LogP contribution in [0.1, 0.15) is 16.1 Å². The monoisotopic (exact) mass is 427 g/mol. The van der Waals surface area contributed by atoms with E-state index in [2.05, 4.69) is 15.6 Å². The van der Waals surface area contributed by atoms with E-state index in [9.17, 15) is 4.79 Å². The summed E-state index contributed by atoms with van der Waals surface area (Å²) in [5, 5.41) is 6.68. The number of nitrogens with zero attached hydrogens (tertiary/aromatic N) is 1. The third kappa shape index (κ3) is 3.91. The Labute approximate surface area is 182 Å². The lowest BCUT2D eigenvalue weighted by Crippen LogP contribution is -2.33. The van der Waals surface area contributed by atoms with E-state index in [4.69, 9.17) is 21.1 Å². The Kier molecular flexibility index (Phi) is 4.72. The first-order valence-corrected chi connectivity index (χ1v) is 10.0. The maximum Gasteiger partial charge on any atom is 0.293 e. The third-order valence-electron chi connectivity index (χ3n) is 4.79. The molecule has 2 aromatic heterocycles. The van der Waals surface area contributed by atoms with E-state index in [-0.39, 0.29) is 10.9 Å². The topological polar surface area (TPSA) is 80.3 Å². The van der Waals surface area contributed by atoms with Gasteiger partial charge < -0.3 is 14.2 Å². The number of aromatic nitrogens is 1. The number of para-hydroxylation sites is 1. The van der Waals surface area contributed by atoms with Crippen LogP contribution in [0.4, 0.5) is 5.69 Å². The summed E-state index contributed by atoms with van der Waals surface area (Å²) < 4.78 is 11.5. The van der Waals surface area contributed by atoms with Gasteiger partial charge in [0.1, 0.15) is 11.1 Å². The number of oxazole rings is 1. The Morgan fingerprint density at radius 1 is 0.935 bits per heavy atom. The summed E-state index contributed by atoms with van der Waals surface area (Å²) >= 11 is 5.30. The summed E-state index contributed by atoms with van der Waals surface area (Å²) in [5.74, 6) is 0.293. The minimum atomic E-state index is -0.417. The van der Waals surface area contributed by atoms with Gasteiger partial charge in [-0.25, -0.2) is 4.98 Å². The predicted octanol–water partition coefficient (Wildman–Crippen LogP) is 5.68. The number of carbonyl (C=O) groups is 1. The van der Waals surface area contributed by atoms with E-state index in [1.807, 2.05) is 73.7 Å². The van der Waals surface area contributed by atoms with E-state index in [1.54, 1.807) is 6.07 Å². The van der Waals surface area contributed by atoms with Crippen LogP contribution in [0.2, 0.25) is 0 Å². The van der Waals surface area contributed by atoms with Gasteiger partial charge in [0.25, 0.3) is 5.91 Å². The molecule has 0 aliphatic heterocycles. The van der Waals surface area contributed by atoms with Gasteiger partial charge in [-0.3, -0.25) is 10.1 Å². The molecule has 6 nitrogen and oxygen atoms in total. The zero-order valence-electron chi connectivity index (χ0n) is 16.5. The standard InChI is InChI=1S/C24H17N3O3S/c1-14-9-10-18-20(11-14)30-23(26-18)16-6-4-7-17(12-16)25-24(31)27-22(28)21-13-15-5-2-3-8-19(15)29-21/h2-13H,1H3,(H2,25,27,28,31). The van der Waals surface area contributed by atoms with E-state index < -0.39 is 5.91 Å². The van der Waals surface area contributed by atoms with Gasteiger partial charge in [-0.1, -0.05) is 30.3 Å². The fraction of sp³-hybridized carbons (Fsp3) is 0.0417. The van der Waals surface area contributed by atoms with Gasteiger partial charge in [0, 0.05) is 16.6 Å². The predicted molar refractivity (Wildman–Crippen MR) is 124 cm³/mol. The number of anilines is 1. The molecule has 0 aliphatic rings. The van der Waals surface area contributed by atoms with Crippen LogP contribution in [0, 0.1) is 6.92 Å². The van der Waals surface area contributed by atoms with E-state index in [0.29, 0.717) is 17.2 Å². The summed E-state index contributed by atoms with van der Waals surface area (Å²) in [7, 11) is 0. The highest BCUT2D eigenvalue weighted by Crippen LogP contribution is 2.27. The van der Waals surface area contributed by atoms with Gasteiger partial charge >= 0.3 is 0 Å². The first-order chi connectivity index (χ1) is 15.0. The van der Waals surface area contributed by atoms with Crippen molar-refractivity contribution in [2.45, 2.75) is 6.92 Å². The summed E-state index contributed by atoms with van der Waals surface area (Å²) in [6.45, 7) is 2.01. The highest BCUT2D eigenvalue weighted by atomic mass is 32.1. The van der Waals surface area contributed by atoms with Crippen molar-refractivity contribution >= 4 is 51.0 Å². The summed E-state index contributed by atoms with van der Waals surface area (Å²) in [6, 6.07) is 22.5. The Morgan fingerprint density at radius 2 is 1.81 bits per heavy atom. The van der Waals surface area contributed by atoms with Crippen LogP contribution in [-0.2, 0) is 0 Å². The zero-order chi connectivity index (χ0) is 21.4. The second-order valence-electron chi connectivity index (χ2n) is 7.13. The molecule has 0 atom stereocenters. The number of amides is 1. The minimum Gasteiger partial charge on any atom is -0.451 e. The first-order valence-electron chi connectivity index (χ1n) is 9.64. The highest BCUT2D eigenvalue weighted by molar-refractivity contribution is 7.80. The fourth-order valence-electron chi connectivity index (χ4n) is 3.31. The lowest BCUT2D eigenvalue weighted by atomic mass is 10.2. The molecule has 5 rings (SSSR count). The molecule has 31 heavy (non-hydrogen) atoms. The molecule has 0 aliphatic carbocycles. The highest BCUT2D eigenvalue weighted by Gasteiger charge is 2.14. The zero-order valence-corrected chi connectivity index (χ0v) is 17.3. The van der Waals surface area contributed by atoms with Crippen LogP contribution < -0.4 is 10.6 Å². The van der Waals surface area contributed by atoms with Gasteiger partial charge in [-0.15, -0.1) is 0 Å². The van der Waals surface area contributed by atoms with Crippen LogP contribution in [-0.4, -0.2) is 16.0 Å². The molecule has 152 valence electrons. The number of hydrogen-bond donors (Lipinski definition) is 2.